The normalized spacial score (nSPS) is 21.8. The van der Waals surface area contributed by atoms with Crippen LogP contribution in [0.4, 0.5) is 10.5 Å². The summed E-state index contributed by atoms with van der Waals surface area (Å²) in [6.07, 6.45) is 3.05. The van der Waals surface area contributed by atoms with Gasteiger partial charge in [0, 0.05) is 43.5 Å². The van der Waals surface area contributed by atoms with Crippen LogP contribution in [-0.4, -0.2) is 55.7 Å². The molecule has 2 saturated heterocycles. The molecule has 2 aliphatic rings. The highest BCUT2D eigenvalue weighted by Gasteiger charge is 2.24. The van der Waals surface area contributed by atoms with E-state index in [1.165, 1.54) is 0 Å². The third kappa shape index (κ3) is 5.17. The molecule has 2 aliphatic heterocycles. The number of likely N-dealkylation sites (tertiary alicyclic amines) is 1. The smallest absolute Gasteiger partial charge is 0.319 e. The van der Waals surface area contributed by atoms with Crippen molar-refractivity contribution in [1.29, 1.82) is 0 Å². The summed E-state index contributed by atoms with van der Waals surface area (Å²) in [6.45, 7) is 4.86. The fraction of sp³-hybridized carbons (Fsp3) is 0.556. The van der Waals surface area contributed by atoms with E-state index in [9.17, 15) is 9.59 Å². The number of rotatable bonds is 5. The zero-order chi connectivity index (χ0) is 17.6. The number of anilines is 1. The van der Waals surface area contributed by atoms with Crippen LogP contribution in [0.25, 0.3) is 0 Å². The zero-order valence-corrected chi connectivity index (χ0v) is 14.4. The number of hydrogen-bond acceptors (Lipinski definition) is 4. The fourth-order valence-corrected chi connectivity index (χ4v) is 3.46. The number of carbonyl (C=O) groups is 2. The monoisotopic (exact) mass is 346 g/mol. The Bertz CT molecular complexity index is 608. The summed E-state index contributed by atoms with van der Waals surface area (Å²) >= 11 is 0. The van der Waals surface area contributed by atoms with Gasteiger partial charge in [0.05, 0.1) is 6.61 Å². The molecular formula is C18H26N4O3. The second-order valence-electron chi connectivity index (χ2n) is 6.85. The Morgan fingerprint density at radius 1 is 1.24 bits per heavy atom. The molecule has 1 aromatic rings. The van der Waals surface area contributed by atoms with Crippen LogP contribution >= 0.6 is 0 Å². The van der Waals surface area contributed by atoms with E-state index in [-0.39, 0.29) is 12.1 Å². The molecule has 0 aromatic heterocycles. The Morgan fingerprint density at radius 2 is 2.04 bits per heavy atom. The molecule has 1 unspecified atom stereocenters. The Labute approximate surface area is 147 Å². The van der Waals surface area contributed by atoms with Crippen molar-refractivity contribution in [2.24, 2.45) is 11.7 Å². The summed E-state index contributed by atoms with van der Waals surface area (Å²) in [6, 6.07) is 6.56. The molecule has 2 heterocycles. The Hall–Kier alpha value is -2.12. The Morgan fingerprint density at radius 3 is 2.72 bits per heavy atom. The van der Waals surface area contributed by atoms with Gasteiger partial charge in [0.15, 0.2) is 0 Å². The van der Waals surface area contributed by atoms with Gasteiger partial charge >= 0.3 is 6.03 Å². The number of nitrogens with zero attached hydrogens (tertiary/aromatic N) is 1. The van der Waals surface area contributed by atoms with Crippen LogP contribution < -0.4 is 16.4 Å². The number of amides is 3. The van der Waals surface area contributed by atoms with Gasteiger partial charge in [0.2, 0.25) is 5.91 Å². The minimum absolute atomic E-state index is 0.176. The maximum atomic E-state index is 12.2. The molecule has 3 amide bonds. The first-order valence-electron chi connectivity index (χ1n) is 8.87. The third-order valence-electron chi connectivity index (χ3n) is 4.87. The second kappa shape index (κ2) is 8.31. The summed E-state index contributed by atoms with van der Waals surface area (Å²) in [5.74, 6) is 0.148. The van der Waals surface area contributed by atoms with Crippen LogP contribution in [0.3, 0.4) is 0 Å². The highest BCUT2D eigenvalue weighted by molar-refractivity contribution is 5.95. The lowest BCUT2D eigenvalue weighted by Crippen LogP contribution is -2.47. The molecule has 136 valence electrons. The van der Waals surface area contributed by atoms with Crippen molar-refractivity contribution in [3.63, 3.8) is 0 Å². The van der Waals surface area contributed by atoms with Crippen molar-refractivity contribution in [3.8, 4) is 0 Å². The lowest BCUT2D eigenvalue weighted by Gasteiger charge is -2.33. The summed E-state index contributed by atoms with van der Waals surface area (Å²) < 4.78 is 5.43. The van der Waals surface area contributed by atoms with Gasteiger partial charge in [-0.25, -0.2) is 4.79 Å². The summed E-state index contributed by atoms with van der Waals surface area (Å²) in [7, 11) is 0. The number of piperidine rings is 1. The average molecular weight is 346 g/mol. The van der Waals surface area contributed by atoms with Crippen molar-refractivity contribution in [1.82, 2.24) is 10.2 Å². The first kappa shape index (κ1) is 17.7. The van der Waals surface area contributed by atoms with Crippen LogP contribution in [-0.2, 0) is 4.74 Å². The van der Waals surface area contributed by atoms with Gasteiger partial charge in [-0.3, -0.25) is 4.79 Å². The minimum atomic E-state index is -0.510. The van der Waals surface area contributed by atoms with E-state index in [1.807, 2.05) is 0 Å². The zero-order valence-electron chi connectivity index (χ0n) is 14.4. The predicted molar refractivity (Wildman–Crippen MR) is 95.5 cm³/mol. The molecule has 0 bridgehead atoms. The Balaban J connectivity index is 1.41. The van der Waals surface area contributed by atoms with E-state index in [0.717, 1.165) is 52.1 Å². The van der Waals surface area contributed by atoms with E-state index in [4.69, 9.17) is 10.5 Å². The molecule has 4 N–H and O–H groups in total. The van der Waals surface area contributed by atoms with E-state index in [1.54, 1.807) is 24.3 Å². The van der Waals surface area contributed by atoms with Gasteiger partial charge in [0.25, 0.3) is 0 Å². The summed E-state index contributed by atoms with van der Waals surface area (Å²) in [5.41, 5.74) is 6.19. The highest BCUT2D eigenvalue weighted by Crippen LogP contribution is 2.18. The number of nitrogens with two attached hydrogens (primary N) is 1. The number of urea groups is 1. The van der Waals surface area contributed by atoms with Crippen LogP contribution in [0.2, 0.25) is 0 Å². The van der Waals surface area contributed by atoms with Gasteiger partial charge < -0.3 is 26.0 Å². The first-order chi connectivity index (χ1) is 12.1. The molecule has 7 nitrogen and oxygen atoms in total. The van der Waals surface area contributed by atoms with Gasteiger partial charge in [-0.1, -0.05) is 6.07 Å². The van der Waals surface area contributed by atoms with Crippen molar-refractivity contribution < 1.29 is 14.3 Å². The number of benzene rings is 1. The molecule has 0 saturated carbocycles. The molecular weight excluding hydrogens is 320 g/mol. The van der Waals surface area contributed by atoms with Crippen LogP contribution in [0, 0.1) is 5.92 Å². The summed E-state index contributed by atoms with van der Waals surface area (Å²) in [4.78, 5) is 25.8. The van der Waals surface area contributed by atoms with E-state index >= 15 is 0 Å². The van der Waals surface area contributed by atoms with Crippen molar-refractivity contribution in [2.75, 3.05) is 38.2 Å². The fourth-order valence-electron chi connectivity index (χ4n) is 3.46. The topological polar surface area (TPSA) is 96.7 Å². The maximum absolute atomic E-state index is 12.2. The van der Waals surface area contributed by atoms with Crippen LogP contribution in [0.5, 0.6) is 0 Å². The maximum Gasteiger partial charge on any atom is 0.319 e. The molecule has 1 atom stereocenters. The van der Waals surface area contributed by atoms with E-state index in [0.29, 0.717) is 17.2 Å². The third-order valence-corrected chi connectivity index (χ3v) is 4.87. The minimum Gasteiger partial charge on any atom is -0.381 e. The molecule has 25 heavy (non-hydrogen) atoms. The number of carbonyl (C=O) groups excluding carboxylic acids is 2. The number of hydrogen-bond donors (Lipinski definition) is 3. The molecule has 2 fully saturated rings. The first-order valence-corrected chi connectivity index (χ1v) is 8.87. The lowest BCUT2D eigenvalue weighted by atomic mass is 10.0. The van der Waals surface area contributed by atoms with Gasteiger partial charge in [-0.2, -0.15) is 0 Å². The van der Waals surface area contributed by atoms with Crippen LogP contribution in [0.1, 0.15) is 29.6 Å². The lowest BCUT2D eigenvalue weighted by molar-refractivity contribution is 0.1000. The van der Waals surface area contributed by atoms with Gasteiger partial charge in [-0.05, 0) is 43.4 Å². The van der Waals surface area contributed by atoms with Crippen molar-refractivity contribution in [3.05, 3.63) is 29.8 Å². The highest BCUT2D eigenvalue weighted by atomic mass is 16.5. The molecule has 0 radical (unpaired) electrons. The SMILES string of the molecule is NC(=O)c1cccc(NC(=O)NC2CCN(CC3CCOC3)CC2)c1. The number of nitrogens with one attached hydrogen (secondary N) is 2. The molecule has 0 spiro atoms. The average Bonchev–Trinajstić information content (AvgIpc) is 3.10. The second-order valence-corrected chi connectivity index (χ2v) is 6.85. The number of ether oxygens (including phenoxy) is 1. The largest absolute Gasteiger partial charge is 0.381 e. The molecule has 1 aromatic carbocycles. The molecule has 3 rings (SSSR count). The van der Waals surface area contributed by atoms with E-state index < -0.39 is 5.91 Å². The predicted octanol–water partition coefficient (Wildman–Crippen LogP) is 1.41. The number of primary amides is 1. The van der Waals surface area contributed by atoms with Crippen molar-refractivity contribution in [2.45, 2.75) is 25.3 Å². The van der Waals surface area contributed by atoms with Gasteiger partial charge in [-0.15, -0.1) is 0 Å². The Kier molecular flexibility index (Phi) is 5.88. The molecule has 0 aliphatic carbocycles. The van der Waals surface area contributed by atoms with E-state index in [2.05, 4.69) is 15.5 Å². The van der Waals surface area contributed by atoms with Crippen LogP contribution in [0.15, 0.2) is 24.3 Å². The van der Waals surface area contributed by atoms with Crippen molar-refractivity contribution >= 4 is 17.6 Å². The van der Waals surface area contributed by atoms with Gasteiger partial charge in [0.1, 0.15) is 0 Å². The quantitative estimate of drug-likeness (QED) is 0.751. The standard InChI is InChI=1S/C18H26N4O3/c19-17(23)14-2-1-3-16(10-14)21-18(24)20-15-4-7-22(8-5-15)11-13-6-9-25-12-13/h1-3,10,13,15H,4-9,11-12H2,(H2,19,23)(H2,20,21,24). The summed E-state index contributed by atoms with van der Waals surface area (Å²) in [5, 5.41) is 5.78. The molecule has 7 heteroatoms.